The molecule has 1 aromatic rings. The number of nitrogens with two attached hydrogens (primary N) is 1. The smallest absolute Gasteiger partial charge is 0.226 e. The van der Waals surface area contributed by atoms with Gasteiger partial charge in [0.15, 0.2) is 11.5 Å². The summed E-state index contributed by atoms with van der Waals surface area (Å²) in [5, 5.41) is 9.69. The second kappa shape index (κ2) is 6.43. The highest BCUT2D eigenvalue weighted by atomic mass is 16.5. The van der Waals surface area contributed by atoms with Crippen molar-refractivity contribution in [1.29, 1.82) is 0 Å². The molecule has 0 heterocycles. The van der Waals surface area contributed by atoms with Gasteiger partial charge in [0.1, 0.15) is 0 Å². The third kappa shape index (κ3) is 3.86. The molecule has 5 heteroatoms. The van der Waals surface area contributed by atoms with Crippen LogP contribution in [0.3, 0.4) is 0 Å². The molecule has 2 unspecified atom stereocenters. The van der Waals surface area contributed by atoms with E-state index in [1.54, 1.807) is 24.1 Å². The van der Waals surface area contributed by atoms with E-state index in [1.165, 1.54) is 7.11 Å². The Morgan fingerprint density at radius 2 is 2.11 bits per heavy atom. The summed E-state index contributed by atoms with van der Waals surface area (Å²) in [6.07, 6.45) is 0. The predicted molar refractivity (Wildman–Crippen MR) is 73.9 cm³/mol. The van der Waals surface area contributed by atoms with Crippen LogP contribution in [0, 0.1) is 5.92 Å². The third-order valence-corrected chi connectivity index (χ3v) is 3.22. The molecule has 1 rings (SSSR count). The second-order valence-electron chi connectivity index (χ2n) is 4.85. The summed E-state index contributed by atoms with van der Waals surface area (Å²) in [7, 11) is 3.22. The van der Waals surface area contributed by atoms with Crippen molar-refractivity contribution in [2.24, 2.45) is 11.7 Å². The Labute approximate surface area is 114 Å². The van der Waals surface area contributed by atoms with Crippen LogP contribution in [0.25, 0.3) is 0 Å². The molecule has 2 atom stereocenters. The van der Waals surface area contributed by atoms with Crippen molar-refractivity contribution < 1.29 is 14.6 Å². The quantitative estimate of drug-likeness (QED) is 0.843. The fourth-order valence-electron chi connectivity index (χ4n) is 1.76. The van der Waals surface area contributed by atoms with E-state index in [1.807, 2.05) is 19.9 Å². The normalized spacial score (nSPS) is 13.7. The molecular weight excluding hydrogens is 244 g/mol. The first kappa shape index (κ1) is 15.3. The number of carbonyl (C=O) groups is 1. The van der Waals surface area contributed by atoms with Gasteiger partial charge in [-0.15, -0.1) is 0 Å². The average Bonchev–Trinajstić information content (AvgIpc) is 2.37. The van der Waals surface area contributed by atoms with Crippen LogP contribution >= 0.6 is 0 Å². The van der Waals surface area contributed by atoms with Crippen molar-refractivity contribution in [2.75, 3.05) is 14.2 Å². The van der Waals surface area contributed by atoms with Gasteiger partial charge in [-0.1, -0.05) is 13.0 Å². The lowest BCUT2D eigenvalue weighted by molar-refractivity contribution is -0.134. The van der Waals surface area contributed by atoms with Gasteiger partial charge in [0.05, 0.1) is 13.0 Å². The van der Waals surface area contributed by atoms with Gasteiger partial charge < -0.3 is 20.5 Å². The molecule has 5 nitrogen and oxygen atoms in total. The van der Waals surface area contributed by atoms with E-state index in [2.05, 4.69) is 0 Å². The molecule has 0 saturated heterocycles. The largest absolute Gasteiger partial charge is 0.504 e. The monoisotopic (exact) mass is 266 g/mol. The van der Waals surface area contributed by atoms with Crippen LogP contribution in [-0.2, 0) is 11.3 Å². The molecule has 3 N–H and O–H groups in total. The Hall–Kier alpha value is -1.75. The van der Waals surface area contributed by atoms with Gasteiger partial charge in [0.25, 0.3) is 0 Å². The third-order valence-electron chi connectivity index (χ3n) is 3.22. The number of methoxy groups -OCH3 is 1. The number of amides is 1. The van der Waals surface area contributed by atoms with E-state index < -0.39 is 0 Å². The summed E-state index contributed by atoms with van der Waals surface area (Å²) < 4.78 is 4.98. The number of phenols is 1. The molecule has 1 aromatic carbocycles. The summed E-state index contributed by atoms with van der Waals surface area (Å²) in [5.74, 6) is 0.255. The molecule has 1 amide bonds. The second-order valence-corrected chi connectivity index (χ2v) is 4.85. The van der Waals surface area contributed by atoms with Crippen LogP contribution in [0.15, 0.2) is 18.2 Å². The van der Waals surface area contributed by atoms with Gasteiger partial charge in [0.2, 0.25) is 5.91 Å². The molecule has 0 spiro atoms. The van der Waals surface area contributed by atoms with E-state index in [0.29, 0.717) is 12.3 Å². The topological polar surface area (TPSA) is 75.8 Å². The number of ether oxygens (including phenoxy) is 1. The van der Waals surface area contributed by atoms with Gasteiger partial charge in [-0.25, -0.2) is 0 Å². The van der Waals surface area contributed by atoms with Crippen LogP contribution in [0.5, 0.6) is 11.5 Å². The Balaban J connectivity index is 2.74. The van der Waals surface area contributed by atoms with Crippen LogP contribution < -0.4 is 10.5 Å². The van der Waals surface area contributed by atoms with Crippen LogP contribution in [0.2, 0.25) is 0 Å². The number of benzene rings is 1. The van der Waals surface area contributed by atoms with Gasteiger partial charge in [-0.2, -0.15) is 0 Å². The zero-order chi connectivity index (χ0) is 14.6. The Morgan fingerprint density at radius 3 is 2.58 bits per heavy atom. The number of carbonyl (C=O) groups excluding carboxylic acids is 1. The molecule has 0 aromatic heterocycles. The van der Waals surface area contributed by atoms with E-state index in [-0.39, 0.29) is 23.6 Å². The van der Waals surface area contributed by atoms with Gasteiger partial charge >= 0.3 is 0 Å². The number of hydrogen-bond donors (Lipinski definition) is 2. The number of hydrogen-bond acceptors (Lipinski definition) is 4. The molecule has 19 heavy (non-hydrogen) atoms. The van der Waals surface area contributed by atoms with Crippen LogP contribution in [-0.4, -0.2) is 36.1 Å². The van der Waals surface area contributed by atoms with Crippen molar-refractivity contribution in [3.05, 3.63) is 23.8 Å². The van der Waals surface area contributed by atoms with Crippen molar-refractivity contribution in [3.63, 3.8) is 0 Å². The minimum Gasteiger partial charge on any atom is -0.504 e. The SMILES string of the molecule is COc1ccc(CN(C)C(=O)C(C)C(C)N)cc1O. The van der Waals surface area contributed by atoms with Crippen LogP contribution in [0.4, 0.5) is 0 Å². The molecule has 0 bridgehead atoms. The first-order chi connectivity index (χ1) is 8.86. The Bertz CT molecular complexity index is 446. The van der Waals surface area contributed by atoms with Gasteiger partial charge in [-0.3, -0.25) is 4.79 Å². The van der Waals surface area contributed by atoms with E-state index in [4.69, 9.17) is 10.5 Å². The molecule has 0 fully saturated rings. The average molecular weight is 266 g/mol. The Morgan fingerprint density at radius 1 is 1.47 bits per heavy atom. The summed E-state index contributed by atoms with van der Waals surface area (Å²) >= 11 is 0. The van der Waals surface area contributed by atoms with Gasteiger partial charge in [0, 0.05) is 19.6 Å². The zero-order valence-electron chi connectivity index (χ0n) is 11.9. The molecule has 0 saturated carbocycles. The lowest BCUT2D eigenvalue weighted by Crippen LogP contribution is -2.39. The summed E-state index contributed by atoms with van der Waals surface area (Å²) in [4.78, 5) is 13.7. The number of phenolic OH excluding ortho intramolecular Hbond substituents is 1. The first-order valence-electron chi connectivity index (χ1n) is 6.23. The lowest BCUT2D eigenvalue weighted by atomic mass is 10.0. The maximum absolute atomic E-state index is 12.1. The summed E-state index contributed by atoms with van der Waals surface area (Å²) in [6, 6.07) is 4.91. The minimum atomic E-state index is -0.225. The molecule has 0 radical (unpaired) electrons. The number of aromatic hydroxyl groups is 1. The highest BCUT2D eigenvalue weighted by molar-refractivity contribution is 5.78. The predicted octanol–water partition coefficient (Wildman–Crippen LogP) is 1.34. The molecular formula is C14H22N2O3. The zero-order valence-corrected chi connectivity index (χ0v) is 11.9. The van der Waals surface area contributed by atoms with Gasteiger partial charge in [-0.05, 0) is 24.6 Å². The van der Waals surface area contributed by atoms with Crippen molar-refractivity contribution >= 4 is 5.91 Å². The number of nitrogens with zero attached hydrogens (tertiary/aromatic N) is 1. The van der Waals surface area contributed by atoms with Crippen molar-refractivity contribution in [1.82, 2.24) is 4.90 Å². The van der Waals surface area contributed by atoms with Crippen molar-refractivity contribution in [2.45, 2.75) is 26.4 Å². The maximum atomic E-state index is 12.1. The standard InChI is InChI=1S/C14H22N2O3/c1-9(10(2)15)14(18)16(3)8-11-5-6-13(19-4)12(17)7-11/h5-7,9-10,17H,8,15H2,1-4H3. The van der Waals surface area contributed by atoms with E-state index >= 15 is 0 Å². The molecule has 0 aliphatic rings. The highest BCUT2D eigenvalue weighted by Crippen LogP contribution is 2.26. The van der Waals surface area contributed by atoms with E-state index in [9.17, 15) is 9.90 Å². The van der Waals surface area contributed by atoms with E-state index in [0.717, 1.165) is 5.56 Å². The minimum absolute atomic E-state index is 0.00897. The lowest BCUT2D eigenvalue weighted by Gasteiger charge is -2.23. The number of rotatable bonds is 5. The first-order valence-corrected chi connectivity index (χ1v) is 6.23. The van der Waals surface area contributed by atoms with Crippen LogP contribution in [0.1, 0.15) is 19.4 Å². The fourth-order valence-corrected chi connectivity index (χ4v) is 1.76. The molecule has 0 aliphatic carbocycles. The van der Waals surface area contributed by atoms with Crippen molar-refractivity contribution in [3.8, 4) is 11.5 Å². The molecule has 0 aliphatic heterocycles. The highest BCUT2D eigenvalue weighted by Gasteiger charge is 2.21. The summed E-state index contributed by atoms with van der Waals surface area (Å²) in [6.45, 7) is 4.05. The molecule has 106 valence electrons. The Kier molecular flexibility index (Phi) is 5.18. The summed E-state index contributed by atoms with van der Waals surface area (Å²) in [5.41, 5.74) is 6.56. The fraction of sp³-hybridized carbons (Fsp3) is 0.500. The maximum Gasteiger partial charge on any atom is 0.226 e.